The van der Waals surface area contributed by atoms with Crippen LogP contribution in [0, 0.1) is 0 Å². The second-order valence-corrected chi connectivity index (χ2v) is 9.71. The van der Waals surface area contributed by atoms with Crippen LogP contribution >= 0.6 is 11.6 Å². The Morgan fingerprint density at radius 3 is 2.67 bits per heavy atom. The number of fused-ring (bicyclic) bond motifs is 1. The van der Waals surface area contributed by atoms with Gasteiger partial charge in [0.15, 0.2) is 6.29 Å². The monoisotopic (exact) mass is 558 g/mol. The number of amides is 5. The van der Waals surface area contributed by atoms with Gasteiger partial charge in [-0.2, -0.15) is 0 Å². The van der Waals surface area contributed by atoms with Crippen molar-refractivity contribution in [3.63, 3.8) is 0 Å². The number of methoxy groups -OCH3 is 2. The van der Waals surface area contributed by atoms with Crippen molar-refractivity contribution in [2.45, 2.75) is 44.7 Å². The van der Waals surface area contributed by atoms with Crippen LogP contribution < -0.4 is 16.0 Å². The number of benzene rings is 2. The molecule has 1 atom stereocenters. The summed E-state index contributed by atoms with van der Waals surface area (Å²) in [6.07, 6.45) is 0.659. The average Bonchev–Trinajstić information content (AvgIpc) is 3.22. The number of ether oxygens (including phenoxy) is 3. The molecule has 2 aromatic carbocycles. The SMILES string of the molecule is COC(COCCc1cc(Cl)cc(NC(=O)NCc2ccc3c(c2)CN(C2CCC(=O)NC2=O)C3=O)c1)OC. The topological polar surface area (TPSA) is 135 Å². The van der Waals surface area contributed by atoms with E-state index < -0.39 is 24.3 Å². The van der Waals surface area contributed by atoms with Gasteiger partial charge in [0.25, 0.3) is 5.91 Å². The lowest BCUT2D eigenvalue weighted by atomic mass is 10.0. The Kier molecular flexibility index (Phi) is 9.52. The molecule has 1 saturated heterocycles. The van der Waals surface area contributed by atoms with E-state index in [4.69, 9.17) is 25.8 Å². The highest BCUT2D eigenvalue weighted by Gasteiger charge is 2.39. The van der Waals surface area contributed by atoms with Gasteiger partial charge in [0.05, 0.1) is 13.2 Å². The largest absolute Gasteiger partial charge is 0.376 e. The molecule has 3 N–H and O–H groups in total. The molecule has 208 valence electrons. The van der Waals surface area contributed by atoms with Crippen molar-refractivity contribution in [2.24, 2.45) is 0 Å². The number of imide groups is 1. The van der Waals surface area contributed by atoms with E-state index in [1.165, 1.54) is 4.90 Å². The van der Waals surface area contributed by atoms with Crippen LogP contribution in [0.4, 0.5) is 10.5 Å². The van der Waals surface area contributed by atoms with Crippen molar-refractivity contribution in [1.82, 2.24) is 15.5 Å². The molecule has 2 heterocycles. The number of nitrogens with zero attached hydrogens (tertiary/aromatic N) is 1. The molecule has 12 heteroatoms. The fraction of sp³-hybridized carbons (Fsp3) is 0.407. The third-order valence-corrected chi connectivity index (χ3v) is 6.79. The predicted octanol–water partition coefficient (Wildman–Crippen LogP) is 2.60. The van der Waals surface area contributed by atoms with E-state index in [9.17, 15) is 19.2 Å². The first-order valence-electron chi connectivity index (χ1n) is 12.5. The summed E-state index contributed by atoms with van der Waals surface area (Å²) >= 11 is 6.24. The van der Waals surface area contributed by atoms with E-state index in [0.29, 0.717) is 42.3 Å². The van der Waals surface area contributed by atoms with E-state index in [1.54, 1.807) is 32.4 Å². The lowest BCUT2D eigenvalue weighted by Crippen LogP contribution is -2.52. The standard InChI is InChI=1S/C27H31ClN4O7/c1-37-24(38-2)15-39-8-7-16-10-19(28)12-20(11-16)30-27(36)29-13-17-3-4-21-18(9-17)14-32(26(21)35)22-5-6-23(33)31-25(22)34/h3-4,9-12,22,24H,5-8,13-15H2,1-2H3,(H2,29,30,36)(H,31,33,34). The lowest BCUT2D eigenvalue weighted by molar-refractivity contribution is -0.139. The van der Waals surface area contributed by atoms with Crippen molar-refractivity contribution in [1.29, 1.82) is 0 Å². The van der Waals surface area contributed by atoms with Gasteiger partial charge in [-0.1, -0.05) is 23.7 Å². The first-order valence-corrected chi connectivity index (χ1v) is 12.9. The summed E-state index contributed by atoms with van der Waals surface area (Å²) in [6.45, 7) is 1.23. The Labute approximate surface area is 231 Å². The number of hydrogen-bond donors (Lipinski definition) is 3. The number of carbonyl (C=O) groups is 4. The van der Waals surface area contributed by atoms with Gasteiger partial charge >= 0.3 is 6.03 Å². The van der Waals surface area contributed by atoms with Crippen LogP contribution in [0.25, 0.3) is 0 Å². The summed E-state index contributed by atoms with van der Waals surface area (Å²) in [4.78, 5) is 50.6. The summed E-state index contributed by atoms with van der Waals surface area (Å²) < 4.78 is 15.7. The Hall–Kier alpha value is -3.51. The van der Waals surface area contributed by atoms with Crippen LogP contribution in [0.3, 0.4) is 0 Å². The summed E-state index contributed by atoms with van der Waals surface area (Å²) in [5.74, 6) is -1.02. The van der Waals surface area contributed by atoms with Gasteiger partial charge in [0.1, 0.15) is 6.04 Å². The summed E-state index contributed by atoms with van der Waals surface area (Å²) in [6, 6.07) is 9.51. The molecule has 1 unspecified atom stereocenters. The number of halogens is 1. The van der Waals surface area contributed by atoms with Crippen molar-refractivity contribution in [3.8, 4) is 0 Å². The molecule has 0 saturated carbocycles. The maximum absolute atomic E-state index is 12.9. The first-order chi connectivity index (χ1) is 18.8. The molecule has 0 radical (unpaired) electrons. The number of rotatable bonds is 11. The van der Waals surface area contributed by atoms with Crippen molar-refractivity contribution >= 4 is 41.0 Å². The Balaban J connectivity index is 1.29. The van der Waals surface area contributed by atoms with Crippen LogP contribution in [0.5, 0.6) is 0 Å². The zero-order chi connectivity index (χ0) is 27.9. The molecular formula is C27H31ClN4O7. The number of piperidine rings is 1. The first kappa shape index (κ1) is 28.5. The molecular weight excluding hydrogens is 528 g/mol. The predicted molar refractivity (Wildman–Crippen MR) is 142 cm³/mol. The summed E-state index contributed by atoms with van der Waals surface area (Å²) in [7, 11) is 3.08. The molecule has 1 fully saturated rings. The second-order valence-electron chi connectivity index (χ2n) is 9.27. The molecule has 2 aliphatic rings. The van der Waals surface area contributed by atoms with E-state index in [0.717, 1.165) is 16.7 Å². The Morgan fingerprint density at radius 2 is 1.92 bits per heavy atom. The summed E-state index contributed by atoms with van der Waals surface area (Å²) in [5.41, 5.74) is 3.53. The van der Waals surface area contributed by atoms with Crippen LogP contribution in [0.1, 0.15) is 39.9 Å². The molecule has 2 aliphatic heterocycles. The second kappa shape index (κ2) is 13.0. The van der Waals surface area contributed by atoms with Gasteiger partial charge in [-0.05, 0) is 53.8 Å². The maximum Gasteiger partial charge on any atom is 0.319 e. The molecule has 4 rings (SSSR count). The Bertz CT molecular complexity index is 1250. The highest BCUT2D eigenvalue weighted by Crippen LogP contribution is 2.28. The fourth-order valence-corrected chi connectivity index (χ4v) is 4.82. The molecule has 0 spiro atoms. The van der Waals surface area contributed by atoms with Crippen molar-refractivity contribution in [2.75, 3.05) is 32.8 Å². The average molecular weight is 559 g/mol. The van der Waals surface area contributed by atoms with Gasteiger partial charge in [-0.15, -0.1) is 0 Å². The lowest BCUT2D eigenvalue weighted by Gasteiger charge is -2.29. The number of carbonyl (C=O) groups excluding carboxylic acids is 4. The van der Waals surface area contributed by atoms with Gasteiger partial charge < -0.3 is 29.7 Å². The van der Waals surface area contributed by atoms with Crippen molar-refractivity contribution in [3.05, 3.63) is 63.7 Å². The van der Waals surface area contributed by atoms with Gasteiger partial charge in [-0.25, -0.2) is 4.79 Å². The highest BCUT2D eigenvalue weighted by molar-refractivity contribution is 6.31. The normalized spacial score (nSPS) is 16.9. The van der Waals surface area contributed by atoms with Gasteiger partial charge in [0, 0.05) is 50.0 Å². The molecule has 11 nitrogen and oxygen atoms in total. The van der Waals surface area contributed by atoms with Crippen LogP contribution in [-0.4, -0.2) is 68.4 Å². The third kappa shape index (κ3) is 7.33. The van der Waals surface area contributed by atoms with E-state index in [1.807, 2.05) is 18.2 Å². The van der Waals surface area contributed by atoms with Gasteiger partial charge in [0.2, 0.25) is 11.8 Å². The van der Waals surface area contributed by atoms with E-state index >= 15 is 0 Å². The highest BCUT2D eigenvalue weighted by atomic mass is 35.5. The molecule has 0 aliphatic carbocycles. The molecule has 0 bridgehead atoms. The third-order valence-electron chi connectivity index (χ3n) is 6.57. The fourth-order valence-electron chi connectivity index (χ4n) is 4.56. The number of anilines is 1. The maximum atomic E-state index is 12.9. The van der Waals surface area contributed by atoms with Crippen LogP contribution in [0.15, 0.2) is 36.4 Å². The zero-order valence-electron chi connectivity index (χ0n) is 21.8. The smallest absolute Gasteiger partial charge is 0.319 e. The van der Waals surface area contributed by atoms with E-state index in [2.05, 4.69) is 16.0 Å². The molecule has 0 aromatic heterocycles. The van der Waals surface area contributed by atoms with Crippen LogP contribution in [0.2, 0.25) is 5.02 Å². The minimum atomic E-state index is -0.670. The number of urea groups is 1. The molecule has 2 aromatic rings. The Morgan fingerprint density at radius 1 is 1.13 bits per heavy atom. The van der Waals surface area contributed by atoms with Crippen molar-refractivity contribution < 1.29 is 33.4 Å². The van der Waals surface area contributed by atoms with Crippen LogP contribution in [-0.2, 0) is 43.3 Å². The van der Waals surface area contributed by atoms with E-state index in [-0.39, 0.29) is 31.3 Å². The zero-order valence-corrected chi connectivity index (χ0v) is 22.5. The molecule has 5 amide bonds. The summed E-state index contributed by atoms with van der Waals surface area (Å²) in [5, 5.41) is 8.38. The van der Waals surface area contributed by atoms with Gasteiger partial charge in [-0.3, -0.25) is 19.7 Å². The number of hydrogen-bond acceptors (Lipinski definition) is 7. The molecule has 39 heavy (non-hydrogen) atoms. The number of nitrogens with one attached hydrogen (secondary N) is 3. The quantitative estimate of drug-likeness (QED) is 0.219. The minimum Gasteiger partial charge on any atom is -0.376 e. The minimum absolute atomic E-state index is 0.200.